The van der Waals surface area contributed by atoms with E-state index in [1.807, 2.05) is 0 Å². The monoisotopic (exact) mass is 264 g/mol. The number of rotatable bonds is 1. The molecule has 0 spiro atoms. The summed E-state index contributed by atoms with van der Waals surface area (Å²) in [5, 5.41) is 41.8. The van der Waals surface area contributed by atoms with E-state index in [2.05, 4.69) is 0 Å². The number of likely N-dealkylation sites (N-methyl/N-ethyl adjacent to an activating group) is 1. The van der Waals surface area contributed by atoms with Gasteiger partial charge in [-0.05, 0) is 34.7 Å². The van der Waals surface area contributed by atoms with Crippen LogP contribution in [0.1, 0.15) is 27.7 Å². The minimum absolute atomic E-state index is 0.475. The average Bonchev–Trinajstić information content (AvgIpc) is 2.23. The van der Waals surface area contributed by atoms with Gasteiger partial charge in [0, 0.05) is 0 Å². The Labute approximate surface area is 106 Å². The van der Waals surface area contributed by atoms with Crippen LogP contribution in [-0.4, -0.2) is 66.4 Å². The van der Waals surface area contributed by atoms with Gasteiger partial charge in [-0.25, -0.2) is 0 Å². The van der Waals surface area contributed by atoms with Crippen LogP contribution in [0.2, 0.25) is 0 Å². The second kappa shape index (κ2) is 3.84. The van der Waals surface area contributed by atoms with Crippen molar-refractivity contribution in [1.82, 2.24) is 9.96 Å². The third-order valence-corrected chi connectivity index (χ3v) is 4.65. The van der Waals surface area contributed by atoms with E-state index in [-0.39, 0.29) is 0 Å². The SMILES string of the molecule is CN1C(C)(C(N)N)N(O)C(C)(O)C(C)(O)C1(C)O. The van der Waals surface area contributed by atoms with E-state index in [0.29, 0.717) is 5.06 Å². The van der Waals surface area contributed by atoms with Crippen molar-refractivity contribution in [2.45, 2.75) is 56.6 Å². The predicted octanol–water partition coefficient (Wildman–Crippen LogP) is -2.25. The van der Waals surface area contributed by atoms with Crippen molar-refractivity contribution in [3.8, 4) is 0 Å². The molecule has 0 aromatic rings. The second-order valence-electron chi connectivity index (χ2n) is 5.60. The first-order valence-corrected chi connectivity index (χ1v) is 5.67. The van der Waals surface area contributed by atoms with Gasteiger partial charge in [0.2, 0.25) is 0 Å². The van der Waals surface area contributed by atoms with Crippen molar-refractivity contribution in [3.05, 3.63) is 0 Å². The van der Waals surface area contributed by atoms with Crippen LogP contribution in [0.5, 0.6) is 0 Å². The topological polar surface area (TPSA) is 139 Å². The quantitative estimate of drug-likeness (QED) is 0.292. The van der Waals surface area contributed by atoms with Gasteiger partial charge in [0.1, 0.15) is 17.0 Å². The van der Waals surface area contributed by atoms with E-state index in [4.69, 9.17) is 11.5 Å². The Bertz CT molecular complexity index is 319. The molecule has 4 unspecified atom stereocenters. The molecule has 0 radical (unpaired) electrons. The number of hydrogen-bond donors (Lipinski definition) is 6. The van der Waals surface area contributed by atoms with Crippen LogP contribution in [0, 0.1) is 0 Å². The second-order valence-corrected chi connectivity index (χ2v) is 5.60. The lowest BCUT2D eigenvalue weighted by Gasteiger charge is -2.66. The third kappa shape index (κ3) is 1.49. The summed E-state index contributed by atoms with van der Waals surface area (Å²) >= 11 is 0. The maximum Gasteiger partial charge on any atom is 0.172 e. The number of aliphatic hydroxyl groups is 3. The van der Waals surface area contributed by atoms with E-state index in [1.54, 1.807) is 0 Å². The standard InChI is InChI=1S/C10H24N4O4/c1-7(6(11)12)13(5)9(3,16)8(2,15)10(4,17)14(7)18/h6,15-18H,11-12H2,1-5H3. The highest BCUT2D eigenvalue weighted by Gasteiger charge is 2.70. The smallest absolute Gasteiger partial charge is 0.172 e. The number of nitrogens with zero attached hydrogens (tertiary/aromatic N) is 2. The molecule has 8 nitrogen and oxygen atoms in total. The molecule has 108 valence electrons. The lowest BCUT2D eigenvalue weighted by atomic mass is 9.76. The molecule has 1 rings (SSSR count). The lowest BCUT2D eigenvalue weighted by molar-refractivity contribution is -0.460. The summed E-state index contributed by atoms with van der Waals surface area (Å²) < 4.78 is 0. The molecule has 1 aliphatic heterocycles. The van der Waals surface area contributed by atoms with E-state index < -0.39 is 28.9 Å². The Balaban J connectivity index is 3.50. The summed E-state index contributed by atoms with van der Waals surface area (Å²) in [5.41, 5.74) is 3.78. The van der Waals surface area contributed by atoms with Crippen molar-refractivity contribution >= 4 is 0 Å². The van der Waals surface area contributed by atoms with Gasteiger partial charge < -0.3 is 32.0 Å². The fraction of sp³-hybridized carbons (Fsp3) is 1.00. The van der Waals surface area contributed by atoms with Crippen molar-refractivity contribution in [2.75, 3.05) is 7.05 Å². The fourth-order valence-corrected chi connectivity index (χ4v) is 2.37. The molecule has 1 aliphatic rings. The molecule has 0 aromatic heterocycles. The molecule has 8 heteroatoms. The fourth-order valence-electron chi connectivity index (χ4n) is 2.37. The molecule has 0 aliphatic carbocycles. The van der Waals surface area contributed by atoms with Crippen LogP contribution in [0.3, 0.4) is 0 Å². The highest BCUT2D eigenvalue weighted by Crippen LogP contribution is 2.47. The molecule has 8 N–H and O–H groups in total. The Morgan fingerprint density at radius 3 is 1.67 bits per heavy atom. The maximum absolute atomic E-state index is 10.5. The van der Waals surface area contributed by atoms with Gasteiger partial charge in [-0.3, -0.25) is 4.90 Å². The Morgan fingerprint density at radius 1 is 0.944 bits per heavy atom. The number of nitrogens with two attached hydrogens (primary N) is 2. The van der Waals surface area contributed by atoms with Crippen molar-refractivity contribution in [2.24, 2.45) is 11.5 Å². The summed E-state index contributed by atoms with van der Waals surface area (Å²) in [7, 11) is 1.44. The molecule has 0 aromatic carbocycles. The molecular weight excluding hydrogens is 240 g/mol. The normalized spacial score (nSPS) is 52.0. The first kappa shape index (κ1) is 15.7. The van der Waals surface area contributed by atoms with Crippen LogP contribution in [0.15, 0.2) is 0 Å². The van der Waals surface area contributed by atoms with Gasteiger partial charge in [-0.2, -0.15) is 0 Å². The summed E-state index contributed by atoms with van der Waals surface area (Å²) in [6.07, 6.45) is -1.10. The summed E-state index contributed by atoms with van der Waals surface area (Å²) in [4.78, 5) is 1.22. The van der Waals surface area contributed by atoms with Gasteiger partial charge in [-0.15, -0.1) is 5.06 Å². The number of hydrogen-bond acceptors (Lipinski definition) is 8. The number of hydroxylamine groups is 2. The van der Waals surface area contributed by atoms with Crippen molar-refractivity contribution in [1.29, 1.82) is 0 Å². The molecule has 1 saturated heterocycles. The summed E-state index contributed by atoms with van der Waals surface area (Å²) in [6, 6.07) is 0. The van der Waals surface area contributed by atoms with E-state index in [1.165, 1.54) is 39.6 Å². The lowest BCUT2D eigenvalue weighted by Crippen LogP contribution is -2.89. The average molecular weight is 264 g/mol. The largest absolute Gasteiger partial charge is 0.381 e. The van der Waals surface area contributed by atoms with Gasteiger partial charge in [0.25, 0.3) is 0 Å². The molecule has 1 fully saturated rings. The molecule has 1 heterocycles. The van der Waals surface area contributed by atoms with E-state index in [9.17, 15) is 20.5 Å². The molecule has 0 bridgehead atoms. The van der Waals surface area contributed by atoms with Crippen molar-refractivity contribution in [3.63, 3.8) is 0 Å². The van der Waals surface area contributed by atoms with Gasteiger partial charge in [0.05, 0.1) is 6.17 Å². The first-order chi connectivity index (χ1) is 7.75. The summed E-state index contributed by atoms with van der Waals surface area (Å²) in [5.74, 6) is 0. The van der Waals surface area contributed by atoms with E-state index in [0.717, 1.165) is 0 Å². The van der Waals surface area contributed by atoms with Crippen LogP contribution >= 0.6 is 0 Å². The zero-order valence-electron chi connectivity index (χ0n) is 11.4. The van der Waals surface area contributed by atoms with Crippen LogP contribution in [0.25, 0.3) is 0 Å². The van der Waals surface area contributed by atoms with Crippen molar-refractivity contribution < 1.29 is 20.5 Å². The van der Waals surface area contributed by atoms with E-state index >= 15 is 0 Å². The Kier molecular flexibility index (Phi) is 3.36. The molecule has 18 heavy (non-hydrogen) atoms. The zero-order valence-corrected chi connectivity index (χ0v) is 11.4. The highest BCUT2D eigenvalue weighted by atomic mass is 16.6. The van der Waals surface area contributed by atoms with Gasteiger partial charge >= 0.3 is 0 Å². The Hall–Kier alpha value is -0.320. The third-order valence-electron chi connectivity index (χ3n) is 4.65. The highest BCUT2D eigenvalue weighted by molar-refractivity contribution is 5.13. The minimum atomic E-state index is -2.14. The van der Waals surface area contributed by atoms with Crippen LogP contribution < -0.4 is 11.5 Å². The van der Waals surface area contributed by atoms with Crippen LogP contribution in [-0.2, 0) is 0 Å². The maximum atomic E-state index is 10.5. The molecular formula is C10H24N4O4. The minimum Gasteiger partial charge on any atom is -0.381 e. The zero-order chi connectivity index (χ0) is 14.7. The first-order valence-electron chi connectivity index (χ1n) is 5.67. The molecule has 4 atom stereocenters. The molecule has 0 saturated carbocycles. The molecule has 0 amide bonds. The van der Waals surface area contributed by atoms with Gasteiger partial charge in [-0.1, -0.05) is 0 Å². The Morgan fingerprint density at radius 2 is 1.33 bits per heavy atom. The van der Waals surface area contributed by atoms with Crippen LogP contribution in [0.4, 0.5) is 0 Å². The predicted molar refractivity (Wildman–Crippen MR) is 63.8 cm³/mol. The van der Waals surface area contributed by atoms with Gasteiger partial charge in [0.15, 0.2) is 5.72 Å². The summed E-state index contributed by atoms with van der Waals surface area (Å²) in [6.45, 7) is 5.16.